The van der Waals surface area contributed by atoms with Crippen molar-refractivity contribution in [3.05, 3.63) is 82.0 Å². The predicted octanol–water partition coefficient (Wildman–Crippen LogP) is 4.32. The normalized spacial score (nSPS) is 13.3. The molecule has 1 aliphatic heterocycles. The van der Waals surface area contributed by atoms with E-state index in [9.17, 15) is 14.4 Å². The molecular formula is C25H24N2O4S. The number of ether oxygens (including phenoxy) is 1. The standard InChI is InChI=1S/C25H24N2O4S/c1-17(28)26-20(23-11-6-14-32-23)15-25(30)31-16-24(29)27-21-9-4-2-7-18(21)12-13-19-8-3-5-10-22(19)27/h2-11,14,20H,12-13,15-16H2,1H3,(H,26,28). The van der Waals surface area contributed by atoms with E-state index in [-0.39, 0.29) is 24.8 Å². The van der Waals surface area contributed by atoms with Gasteiger partial charge >= 0.3 is 5.97 Å². The molecule has 0 spiro atoms. The average molecular weight is 449 g/mol. The molecule has 32 heavy (non-hydrogen) atoms. The van der Waals surface area contributed by atoms with Gasteiger partial charge in [-0.15, -0.1) is 11.3 Å². The van der Waals surface area contributed by atoms with Gasteiger partial charge in [-0.1, -0.05) is 42.5 Å². The first kappa shape index (κ1) is 21.8. The number of esters is 1. The Kier molecular flexibility index (Phi) is 6.66. The molecule has 1 aromatic heterocycles. The fraction of sp³-hybridized carbons (Fsp3) is 0.240. The highest BCUT2D eigenvalue weighted by Crippen LogP contribution is 2.36. The molecule has 7 heteroatoms. The van der Waals surface area contributed by atoms with Crippen molar-refractivity contribution in [2.24, 2.45) is 0 Å². The van der Waals surface area contributed by atoms with Gasteiger partial charge in [-0.2, -0.15) is 0 Å². The summed E-state index contributed by atoms with van der Waals surface area (Å²) in [5, 5.41) is 4.66. The van der Waals surface area contributed by atoms with Crippen LogP contribution in [0.1, 0.15) is 35.4 Å². The molecule has 4 rings (SSSR count). The van der Waals surface area contributed by atoms with Crippen LogP contribution in [0.15, 0.2) is 66.0 Å². The molecule has 0 saturated heterocycles. The number of amides is 2. The van der Waals surface area contributed by atoms with Crippen molar-refractivity contribution in [3.63, 3.8) is 0 Å². The summed E-state index contributed by atoms with van der Waals surface area (Å²) in [7, 11) is 0. The molecule has 1 aliphatic rings. The van der Waals surface area contributed by atoms with Crippen LogP contribution in [0.25, 0.3) is 0 Å². The topological polar surface area (TPSA) is 75.7 Å². The second-order valence-corrected chi connectivity index (χ2v) is 8.60. The smallest absolute Gasteiger partial charge is 0.308 e. The van der Waals surface area contributed by atoms with Crippen molar-refractivity contribution >= 4 is 40.5 Å². The number of thiophene rings is 1. The first-order valence-electron chi connectivity index (χ1n) is 10.5. The number of rotatable bonds is 6. The number of carbonyl (C=O) groups is 3. The zero-order valence-corrected chi connectivity index (χ0v) is 18.6. The lowest BCUT2D eigenvalue weighted by Gasteiger charge is -2.25. The lowest BCUT2D eigenvalue weighted by molar-refractivity contribution is -0.148. The van der Waals surface area contributed by atoms with Gasteiger partial charge < -0.3 is 10.1 Å². The Morgan fingerprint density at radius 1 is 0.969 bits per heavy atom. The summed E-state index contributed by atoms with van der Waals surface area (Å²) < 4.78 is 5.36. The predicted molar refractivity (Wildman–Crippen MR) is 124 cm³/mol. The van der Waals surface area contributed by atoms with Crippen LogP contribution < -0.4 is 10.2 Å². The third-order valence-corrected chi connectivity index (χ3v) is 6.36. The number of hydrogen-bond donors (Lipinski definition) is 1. The minimum Gasteiger partial charge on any atom is -0.455 e. The largest absolute Gasteiger partial charge is 0.455 e. The van der Waals surface area contributed by atoms with Crippen molar-refractivity contribution in [3.8, 4) is 0 Å². The second kappa shape index (κ2) is 9.78. The van der Waals surface area contributed by atoms with E-state index in [1.165, 1.54) is 18.3 Å². The maximum atomic E-state index is 13.3. The summed E-state index contributed by atoms with van der Waals surface area (Å²) in [4.78, 5) is 39.8. The molecule has 1 atom stereocenters. The molecule has 1 N–H and O–H groups in total. The SMILES string of the molecule is CC(=O)NC(CC(=O)OCC(=O)N1c2ccccc2CCc2ccccc21)c1cccs1. The summed E-state index contributed by atoms with van der Waals surface area (Å²) >= 11 is 1.45. The number of anilines is 2. The summed E-state index contributed by atoms with van der Waals surface area (Å²) in [6.45, 7) is 1.03. The van der Waals surface area contributed by atoms with Gasteiger partial charge in [0.25, 0.3) is 5.91 Å². The zero-order valence-electron chi connectivity index (χ0n) is 17.7. The Morgan fingerprint density at radius 3 is 2.16 bits per heavy atom. The van der Waals surface area contributed by atoms with Crippen LogP contribution in [0.3, 0.4) is 0 Å². The van der Waals surface area contributed by atoms with Gasteiger partial charge in [0.05, 0.1) is 23.8 Å². The number of nitrogens with zero attached hydrogens (tertiary/aromatic N) is 1. The Balaban J connectivity index is 1.49. The minimum atomic E-state index is -0.540. The van der Waals surface area contributed by atoms with Gasteiger partial charge in [0.15, 0.2) is 6.61 Å². The van der Waals surface area contributed by atoms with Crippen LogP contribution in [0.2, 0.25) is 0 Å². The molecule has 3 aromatic rings. The van der Waals surface area contributed by atoms with Crippen LogP contribution >= 0.6 is 11.3 Å². The second-order valence-electron chi connectivity index (χ2n) is 7.62. The first-order chi connectivity index (χ1) is 15.5. The molecule has 164 valence electrons. The van der Waals surface area contributed by atoms with E-state index in [1.807, 2.05) is 66.0 Å². The number of aryl methyl sites for hydroxylation is 2. The molecule has 0 saturated carbocycles. The van der Waals surface area contributed by atoms with Crippen LogP contribution in [0.5, 0.6) is 0 Å². The quantitative estimate of drug-likeness (QED) is 0.570. The Bertz CT molecular complexity index is 1080. The molecule has 0 radical (unpaired) electrons. The van der Waals surface area contributed by atoms with E-state index in [0.29, 0.717) is 0 Å². The fourth-order valence-electron chi connectivity index (χ4n) is 3.94. The van der Waals surface area contributed by atoms with Gasteiger partial charge in [0.2, 0.25) is 5.91 Å². The maximum Gasteiger partial charge on any atom is 0.308 e. The van der Waals surface area contributed by atoms with Crippen LogP contribution in [-0.2, 0) is 32.0 Å². The molecule has 6 nitrogen and oxygen atoms in total. The molecule has 2 aromatic carbocycles. The van der Waals surface area contributed by atoms with Gasteiger partial charge in [0.1, 0.15) is 0 Å². The Hall–Kier alpha value is -3.45. The maximum absolute atomic E-state index is 13.3. The van der Waals surface area contributed by atoms with Gasteiger partial charge in [-0.3, -0.25) is 19.3 Å². The molecule has 1 unspecified atom stereocenters. The molecule has 0 bridgehead atoms. The highest BCUT2D eigenvalue weighted by atomic mass is 32.1. The fourth-order valence-corrected chi connectivity index (χ4v) is 4.72. The zero-order chi connectivity index (χ0) is 22.5. The van der Waals surface area contributed by atoms with E-state index < -0.39 is 12.0 Å². The first-order valence-corrected chi connectivity index (χ1v) is 11.4. The van der Waals surface area contributed by atoms with E-state index in [2.05, 4.69) is 5.32 Å². The lowest BCUT2D eigenvalue weighted by atomic mass is 10.0. The third kappa shape index (κ3) is 4.89. The van der Waals surface area contributed by atoms with E-state index in [1.54, 1.807) is 4.90 Å². The van der Waals surface area contributed by atoms with Crippen molar-refractivity contribution in [2.45, 2.75) is 32.2 Å². The van der Waals surface area contributed by atoms with Crippen molar-refractivity contribution < 1.29 is 19.1 Å². The minimum absolute atomic E-state index is 0.0411. The summed E-state index contributed by atoms with van der Waals surface area (Å²) in [5.74, 6) is -1.08. The number of para-hydroxylation sites is 2. The highest BCUT2D eigenvalue weighted by molar-refractivity contribution is 7.10. The van der Waals surface area contributed by atoms with E-state index in [0.717, 1.165) is 40.2 Å². The van der Waals surface area contributed by atoms with E-state index in [4.69, 9.17) is 4.74 Å². The van der Waals surface area contributed by atoms with Crippen LogP contribution in [0, 0.1) is 0 Å². The summed E-state index contributed by atoms with van der Waals surface area (Å²) in [5.41, 5.74) is 3.78. The molecule has 2 amide bonds. The summed E-state index contributed by atoms with van der Waals surface area (Å²) in [6.07, 6.45) is 1.62. The van der Waals surface area contributed by atoms with Gasteiger partial charge in [-0.25, -0.2) is 0 Å². The molecular weight excluding hydrogens is 424 g/mol. The molecule has 2 heterocycles. The number of carbonyl (C=O) groups excluding carboxylic acids is 3. The molecule has 0 fully saturated rings. The number of benzene rings is 2. The number of fused-ring (bicyclic) bond motifs is 2. The van der Waals surface area contributed by atoms with Crippen molar-refractivity contribution in [2.75, 3.05) is 11.5 Å². The Morgan fingerprint density at radius 2 is 1.59 bits per heavy atom. The lowest BCUT2D eigenvalue weighted by Crippen LogP contribution is -2.32. The van der Waals surface area contributed by atoms with Gasteiger partial charge in [0, 0.05) is 11.8 Å². The van der Waals surface area contributed by atoms with Crippen LogP contribution in [-0.4, -0.2) is 24.4 Å². The Labute approximate surface area is 190 Å². The summed E-state index contributed by atoms with van der Waals surface area (Å²) in [6, 6.07) is 18.8. The molecule has 0 aliphatic carbocycles. The van der Waals surface area contributed by atoms with Gasteiger partial charge in [-0.05, 0) is 47.5 Å². The number of nitrogens with one attached hydrogen (secondary N) is 1. The monoisotopic (exact) mass is 448 g/mol. The highest BCUT2D eigenvalue weighted by Gasteiger charge is 2.27. The van der Waals surface area contributed by atoms with Crippen LogP contribution in [0.4, 0.5) is 11.4 Å². The van der Waals surface area contributed by atoms with Crippen molar-refractivity contribution in [1.29, 1.82) is 0 Å². The number of hydrogen-bond acceptors (Lipinski definition) is 5. The third-order valence-electron chi connectivity index (χ3n) is 5.37. The van der Waals surface area contributed by atoms with Crippen molar-refractivity contribution in [1.82, 2.24) is 5.32 Å². The van der Waals surface area contributed by atoms with E-state index >= 15 is 0 Å². The average Bonchev–Trinajstić information content (AvgIpc) is 3.26.